The van der Waals surface area contributed by atoms with Gasteiger partial charge in [0.2, 0.25) is 0 Å². The molecule has 18 heavy (non-hydrogen) atoms. The van der Waals surface area contributed by atoms with Crippen LogP contribution in [0.2, 0.25) is 5.15 Å². The maximum absolute atomic E-state index is 6.24. The Bertz CT molecular complexity index is 589. The maximum atomic E-state index is 6.24. The van der Waals surface area contributed by atoms with Gasteiger partial charge in [-0.25, -0.2) is 4.98 Å². The molecule has 2 N–H and O–H groups in total. The van der Waals surface area contributed by atoms with Crippen molar-refractivity contribution in [3.05, 3.63) is 40.7 Å². The van der Waals surface area contributed by atoms with Crippen LogP contribution >= 0.6 is 11.6 Å². The topological polar surface area (TPSA) is 43.8 Å². The smallest absolute Gasteiger partial charge is 0.152 e. The Morgan fingerprint density at radius 1 is 1.44 bits per heavy atom. The summed E-state index contributed by atoms with van der Waals surface area (Å²) in [6.07, 6.45) is 2.07. The minimum atomic E-state index is 0.0114. The molecule has 0 spiro atoms. The summed E-state index contributed by atoms with van der Waals surface area (Å²) in [5, 5.41) is 0.554. The van der Waals surface area contributed by atoms with E-state index in [0.29, 0.717) is 5.15 Å². The largest absolute Gasteiger partial charge is 0.325 e. The molecule has 0 radical (unpaired) electrons. The first-order valence-corrected chi connectivity index (χ1v) is 6.63. The van der Waals surface area contributed by atoms with Crippen LogP contribution in [0.3, 0.4) is 0 Å². The predicted octanol–water partition coefficient (Wildman–Crippen LogP) is 3.31. The molecule has 4 heteroatoms. The van der Waals surface area contributed by atoms with Gasteiger partial charge in [-0.05, 0) is 25.8 Å². The molecular formula is C14H16ClN3. The van der Waals surface area contributed by atoms with E-state index in [-0.39, 0.29) is 6.04 Å². The van der Waals surface area contributed by atoms with Crippen molar-refractivity contribution in [1.82, 2.24) is 9.55 Å². The quantitative estimate of drug-likeness (QED) is 0.856. The normalized spacial score (nSPS) is 18.7. The highest BCUT2D eigenvalue weighted by molar-refractivity contribution is 6.30. The van der Waals surface area contributed by atoms with Gasteiger partial charge in [0.05, 0.1) is 5.69 Å². The minimum Gasteiger partial charge on any atom is -0.325 e. The molecule has 0 fully saturated rings. The van der Waals surface area contributed by atoms with Crippen LogP contribution in [-0.2, 0) is 6.54 Å². The van der Waals surface area contributed by atoms with E-state index in [2.05, 4.69) is 34.7 Å². The van der Waals surface area contributed by atoms with Crippen LogP contribution < -0.4 is 5.73 Å². The lowest BCUT2D eigenvalue weighted by molar-refractivity contribution is 0.466. The Balaban J connectivity index is 2.16. The first-order chi connectivity index (χ1) is 8.66. The van der Waals surface area contributed by atoms with Crippen LogP contribution in [0.5, 0.6) is 0 Å². The van der Waals surface area contributed by atoms with Gasteiger partial charge in [-0.15, -0.1) is 0 Å². The number of imidazole rings is 1. The van der Waals surface area contributed by atoms with E-state index in [1.807, 2.05) is 6.07 Å². The van der Waals surface area contributed by atoms with Crippen molar-refractivity contribution in [2.45, 2.75) is 32.4 Å². The van der Waals surface area contributed by atoms with Gasteiger partial charge in [-0.3, -0.25) is 0 Å². The molecular weight excluding hydrogens is 246 g/mol. The average Bonchev–Trinajstić information content (AvgIpc) is 2.68. The van der Waals surface area contributed by atoms with Crippen molar-refractivity contribution in [2.24, 2.45) is 5.73 Å². The Hall–Kier alpha value is -1.32. The first kappa shape index (κ1) is 11.8. The molecule has 0 amide bonds. The molecule has 1 aromatic carbocycles. The van der Waals surface area contributed by atoms with Crippen LogP contribution in [0, 0.1) is 6.92 Å². The number of halogens is 1. The number of nitrogens with zero attached hydrogens (tertiary/aromatic N) is 2. The first-order valence-electron chi connectivity index (χ1n) is 6.25. The third-order valence-electron chi connectivity index (χ3n) is 3.49. The summed E-state index contributed by atoms with van der Waals surface area (Å²) in [5.74, 6) is 0.939. The van der Waals surface area contributed by atoms with E-state index in [1.54, 1.807) is 0 Å². The highest BCUT2D eigenvalue weighted by Gasteiger charge is 2.25. The summed E-state index contributed by atoms with van der Waals surface area (Å²) < 4.78 is 2.17. The molecule has 94 valence electrons. The minimum absolute atomic E-state index is 0.0114. The van der Waals surface area contributed by atoms with Crippen molar-refractivity contribution < 1.29 is 0 Å². The standard InChI is InChI=1S/C14H16ClN3/c1-9-4-2-5-10(8-9)14-17-13(15)12-11(16)6-3-7-18(12)14/h2,4-5,8,11H,3,6-7,16H2,1H3. The summed E-state index contributed by atoms with van der Waals surface area (Å²) in [6.45, 7) is 3.03. The van der Waals surface area contributed by atoms with Gasteiger partial charge in [-0.2, -0.15) is 0 Å². The van der Waals surface area contributed by atoms with Gasteiger partial charge >= 0.3 is 0 Å². The maximum Gasteiger partial charge on any atom is 0.152 e. The molecule has 0 bridgehead atoms. The number of fused-ring (bicyclic) bond motifs is 1. The second-order valence-corrected chi connectivity index (χ2v) is 5.24. The van der Waals surface area contributed by atoms with E-state index in [0.717, 1.165) is 36.5 Å². The molecule has 1 aliphatic heterocycles. The zero-order valence-electron chi connectivity index (χ0n) is 10.4. The van der Waals surface area contributed by atoms with Crippen LogP contribution in [-0.4, -0.2) is 9.55 Å². The number of benzene rings is 1. The highest BCUT2D eigenvalue weighted by Crippen LogP contribution is 2.34. The molecule has 1 atom stereocenters. The second kappa shape index (κ2) is 4.41. The number of hydrogen-bond donors (Lipinski definition) is 1. The molecule has 0 aliphatic carbocycles. The van der Waals surface area contributed by atoms with Crippen LogP contribution in [0.1, 0.15) is 30.1 Å². The summed E-state index contributed by atoms with van der Waals surface area (Å²) >= 11 is 6.24. The fourth-order valence-corrected chi connectivity index (χ4v) is 2.95. The molecule has 3 rings (SSSR count). The van der Waals surface area contributed by atoms with Crippen LogP contribution in [0.4, 0.5) is 0 Å². The van der Waals surface area contributed by atoms with Crippen molar-refractivity contribution in [1.29, 1.82) is 0 Å². The fraction of sp³-hybridized carbons (Fsp3) is 0.357. The predicted molar refractivity (Wildman–Crippen MR) is 73.6 cm³/mol. The number of hydrogen-bond acceptors (Lipinski definition) is 2. The molecule has 0 saturated heterocycles. The summed E-state index contributed by atoms with van der Waals surface area (Å²) in [7, 11) is 0. The van der Waals surface area contributed by atoms with Crippen molar-refractivity contribution >= 4 is 11.6 Å². The van der Waals surface area contributed by atoms with E-state index < -0.39 is 0 Å². The number of rotatable bonds is 1. The van der Waals surface area contributed by atoms with Gasteiger partial charge in [0.15, 0.2) is 5.15 Å². The van der Waals surface area contributed by atoms with Gasteiger partial charge in [0.25, 0.3) is 0 Å². The lowest BCUT2D eigenvalue weighted by atomic mass is 10.1. The van der Waals surface area contributed by atoms with E-state index in [9.17, 15) is 0 Å². The lowest BCUT2D eigenvalue weighted by Gasteiger charge is -2.22. The Kier molecular flexibility index (Phi) is 2.88. The average molecular weight is 262 g/mol. The Labute approximate surface area is 112 Å². The highest BCUT2D eigenvalue weighted by atomic mass is 35.5. The number of aromatic nitrogens is 2. The van der Waals surface area contributed by atoms with Gasteiger partial charge in [0, 0.05) is 18.2 Å². The molecule has 1 aromatic heterocycles. The molecule has 3 nitrogen and oxygen atoms in total. The van der Waals surface area contributed by atoms with Gasteiger partial charge in [0.1, 0.15) is 5.82 Å². The molecule has 1 aliphatic rings. The Morgan fingerprint density at radius 3 is 3.06 bits per heavy atom. The monoisotopic (exact) mass is 261 g/mol. The zero-order valence-corrected chi connectivity index (χ0v) is 11.1. The van der Waals surface area contributed by atoms with E-state index in [4.69, 9.17) is 17.3 Å². The summed E-state index contributed by atoms with van der Waals surface area (Å²) in [5.41, 5.74) is 9.44. The van der Waals surface area contributed by atoms with Crippen LogP contribution in [0.25, 0.3) is 11.4 Å². The van der Waals surface area contributed by atoms with Gasteiger partial charge in [-0.1, -0.05) is 35.4 Å². The SMILES string of the molecule is Cc1cccc(-c2nc(Cl)c3n2CCCC3N)c1. The molecule has 0 saturated carbocycles. The molecule has 1 unspecified atom stereocenters. The Morgan fingerprint density at radius 2 is 2.28 bits per heavy atom. The fourth-order valence-electron chi connectivity index (χ4n) is 2.63. The lowest BCUT2D eigenvalue weighted by Crippen LogP contribution is -2.22. The van der Waals surface area contributed by atoms with Crippen LogP contribution in [0.15, 0.2) is 24.3 Å². The summed E-state index contributed by atoms with van der Waals surface area (Å²) in [6, 6.07) is 8.34. The van der Waals surface area contributed by atoms with E-state index in [1.165, 1.54) is 5.56 Å². The van der Waals surface area contributed by atoms with E-state index >= 15 is 0 Å². The third kappa shape index (κ3) is 1.84. The second-order valence-electron chi connectivity index (χ2n) is 4.88. The number of aryl methyl sites for hydroxylation is 1. The molecule has 2 aromatic rings. The molecule has 2 heterocycles. The zero-order chi connectivity index (χ0) is 12.7. The van der Waals surface area contributed by atoms with Crippen molar-refractivity contribution in [3.63, 3.8) is 0 Å². The van der Waals surface area contributed by atoms with Gasteiger partial charge < -0.3 is 10.3 Å². The summed E-state index contributed by atoms with van der Waals surface area (Å²) in [4.78, 5) is 4.50. The van der Waals surface area contributed by atoms with Crippen molar-refractivity contribution in [3.8, 4) is 11.4 Å². The third-order valence-corrected chi connectivity index (χ3v) is 3.76. The number of nitrogens with two attached hydrogens (primary N) is 1. The van der Waals surface area contributed by atoms with Crippen molar-refractivity contribution in [2.75, 3.05) is 0 Å².